The first-order chi connectivity index (χ1) is 8.61. The second-order valence-electron chi connectivity index (χ2n) is 3.63. The lowest BCUT2D eigenvalue weighted by Gasteiger charge is -2.03. The van der Waals surface area contributed by atoms with Gasteiger partial charge < -0.3 is 5.73 Å². The Kier molecular flexibility index (Phi) is 4.06. The van der Waals surface area contributed by atoms with Crippen LogP contribution in [0.4, 0.5) is 4.39 Å². The smallest absolute Gasteiger partial charge is 0.186 e. The van der Waals surface area contributed by atoms with Gasteiger partial charge in [0.2, 0.25) is 0 Å². The summed E-state index contributed by atoms with van der Waals surface area (Å²) in [6.45, 7) is 0.290. The fourth-order valence-corrected chi connectivity index (χ4v) is 2.39. The van der Waals surface area contributed by atoms with Crippen LogP contribution in [0.2, 0.25) is 5.02 Å². The maximum Gasteiger partial charge on any atom is 0.186 e. The van der Waals surface area contributed by atoms with E-state index in [4.69, 9.17) is 17.3 Å². The molecule has 2 N–H and O–H groups in total. The van der Waals surface area contributed by atoms with Crippen molar-refractivity contribution < 1.29 is 9.18 Å². The molecule has 0 saturated carbocycles. The van der Waals surface area contributed by atoms with Crippen molar-refractivity contribution in [1.82, 2.24) is 4.98 Å². The van der Waals surface area contributed by atoms with Crippen molar-refractivity contribution in [2.75, 3.05) is 0 Å². The van der Waals surface area contributed by atoms with Crippen molar-refractivity contribution in [3.05, 3.63) is 50.7 Å². The minimum atomic E-state index is -0.481. The molecule has 2 aromatic rings. The summed E-state index contributed by atoms with van der Waals surface area (Å²) < 4.78 is 13.5. The molecule has 0 unspecified atom stereocenters. The van der Waals surface area contributed by atoms with Crippen LogP contribution >= 0.6 is 22.9 Å². The third-order valence-electron chi connectivity index (χ3n) is 2.41. The van der Waals surface area contributed by atoms with Crippen molar-refractivity contribution in [1.29, 1.82) is 0 Å². The molecule has 0 aliphatic rings. The topological polar surface area (TPSA) is 56.0 Å². The second kappa shape index (κ2) is 5.56. The Labute approximate surface area is 112 Å². The maximum absolute atomic E-state index is 13.5. The third-order valence-corrected chi connectivity index (χ3v) is 3.64. The third kappa shape index (κ3) is 2.75. The monoisotopic (exact) mass is 284 g/mol. The van der Waals surface area contributed by atoms with E-state index in [2.05, 4.69) is 4.98 Å². The van der Waals surface area contributed by atoms with Gasteiger partial charge in [-0.05, 0) is 12.1 Å². The van der Waals surface area contributed by atoms with Crippen LogP contribution in [0.25, 0.3) is 0 Å². The molecule has 0 atom stereocenters. The molecule has 1 aromatic heterocycles. The van der Waals surface area contributed by atoms with Gasteiger partial charge in [-0.3, -0.25) is 4.79 Å². The van der Waals surface area contributed by atoms with Crippen LogP contribution in [-0.4, -0.2) is 10.8 Å². The normalized spacial score (nSPS) is 10.6. The Morgan fingerprint density at radius 2 is 2.28 bits per heavy atom. The molecular weight excluding hydrogens is 275 g/mol. The van der Waals surface area contributed by atoms with Gasteiger partial charge in [-0.1, -0.05) is 17.7 Å². The van der Waals surface area contributed by atoms with Crippen LogP contribution in [0.3, 0.4) is 0 Å². The lowest BCUT2D eigenvalue weighted by Crippen LogP contribution is -2.07. The van der Waals surface area contributed by atoms with E-state index in [1.165, 1.54) is 23.5 Å². The van der Waals surface area contributed by atoms with Gasteiger partial charge in [0, 0.05) is 28.9 Å². The number of hydrogen-bond acceptors (Lipinski definition) is 4. The summed E-state index contributed by atoms with van der Waals surface area (Å²) in [4.78, 5) is 16.0. The highest BCUT2D eigenvalue weighted by Crippen LogP contribution is 2.21. The predicted octanol–water partition coefficient (Wildman–Crippen LogP) is 2.82. The average Bonchev–Trinajstić information content (AvgIpc) is 2.82. The summed E-state index contributed by atoms with van der Waals surface area (Å²) >= 11 is 7.18. The van der Waals surface area contributed by atoms with E-state index in [1.807, 2.05) is 0 Å². The number of aromatic nitrogens is 1. The Morgan fingerprint density at radius 3 is 2.89 bits per heavy atom. The van der Waals surface area contributed by atoms with Gasteiger partial charge in [0.25, 0.3) is 0 Å². The fraction of sp³-hybridized carbons (Fsp3) is 0.167. The molecule has 0 aliphatic heterocycles. The molecule has 18 heavy (non-hydrogen) atoms. The zero-order valence-electron chi connectivity index (χ0n) is 9.32. The molecular formula is C12H10ClFN2OS. The molecule has 0 radical (unpaired) electrons. The van der Waals surface area contributed by atoms with E-state index >= 15 is 0 Å². The molecule has 3 nitrogen and oxygen atoms in total. The highest BCUT2D eigenvalue weighted by atomic mass is 35.5. The van der Waals surface area contributed by atoms with Crippen LogP contribution < -0.4 is 5.73 Å². The zero-order valence-corrected chi connectivity index (χ0v) is 10.9. The van der Waals surface area contributed by atoms with Gasteiger partial charge in [0.1, 0.15) is 16.5 Å². The summed E-state index contributed by atoms with van der Waals surface area (Å²) in [5.41, 5.74) is 5.93. The first-order valence-corrected chi connectivity index (χ1v) is 6.48. The SMILES string of the molecule is NCc1nc(C(=O)Cc2c(F)cccc2Cl)cs1. The van der Waals surface area contributed by atoms with Gasteiger partial charge in [0.15, 0.2) is 5.78 Å². The first-order valence-electron chi connectivity index (χ1n) is 5.22. The Hall–Kier alpha value is -1.30. The number of Topliss-reactive ketones (excluding diaryl/α,β-unsaturated/α-hetero) is 1. The number of nitrogens with two attached hydrogens (primary N) is 1. The lowest BCUT2D eigenvalue weighted by atomic mass is 10.1. The standard InChI is InChI=1S/C12H10ClFN2OS/c13-8-2-1-3-9(14)7(8)4-11(17)10-6-18-12(5-15)16-10/h1-3,6H,4-5,15H2. The summed E-state index contributed by atoms with van der Waals surface area (Å²) in [6, 6.07) is 4.33. The molecule has 0 amide bonds. The zero-order chi connectivity index (χ0) is 13.1. The van der Waals surface area contributed by atoms with E-state index < -0.39 is 5.82 Å². The number of thiazole rings is 1. The van der Waals surface area contributed by atoms with Crippen LogP contribution in [-0.2, 0) is 13.0 Å². The number of nitrogens with zero attached hydrogens (tertiary/aromatic N) is 1. The van der Waals surface area contributed by atoms with Crippen LogP contribution in [0.5, 0.6) is 0 Å². The van der Waals surface area contributed by atoms with Gasteiger partial charge in [-0.2, -0.15) is 0 Å². The molecule has 1 heterocycles. The molecule has 6 heteroatoms. The van der Waals surface area contributed by atoms with Gasteiger partial charge >= 0.3 is 0 Å². The lowest BCUT2D eigenvalue weighted by molar-refractivity contribution is 0.0987. The van der Waals surface area contributed by atoms with Crippen LogP contribution in [0.15, 0.2) is 23.6 Å². The number of halogens is 2. The quantitative estimate of drug-likeness (QED) is 0.879. The van der Waals surface area contributed by atoms with E-state index in [0.29, 0.717) is 17.2 Å². The number of carbonyl (C=O) groups excluding carboxylic acids is 1. The summed E-state index contributed by atoms with van der Waals surface area (Å²) in [6.07, 6.45) is -0.0980. The predicted molar refractivity (Wildman–Crippen MR) is 69.4 cm³/mol. The Bertz CT molecular complexity index is 565. The van der Waals surface area contributed by atoms with E-state index in [-0.39, 0.29) is 22.8 Å². The van der Waals surface area contributed by atoms with E-state index in [0.717, 1.165) is 0 Å². The molecule has 94 valence electrons. The van der Waals surface area contributed by atoms with Crippen molar-refractivity contribution in [3.63, 3.8) is 0 Å². The van der Waals surface area contributed by atoms with Gasteiger partial charge in [-0.25, -0.2) is 9.37 Å². The first kappa shape index (κ1) is 13.1. The summed E-state index contributed by atoms with van der Waals surface area (Å²) in [5, 5.41) is 2.55. The summed E-state index contributed by atoms with van der Waals surface area (Å²) in [7, 11) is 0. The van der Waals surface area contributed by atoms with Crippen LogP contribution in [0.1, 0.15) is 21.1 Å². The van der Waals surface area contributed by atoms with Crippen molar-refractivity contribution in [2.24, 2.45) is 5.73 Å². The van der Waals surface area contributed by atoms with Crippen molar-refractivity contribution >= 4 is 28.7 Å². The van der Waals surface area contributed by atoms with Crippen LogP contribution in [0, 0.1) is 5.82 Å². The molecule has 0 saturated heterocycles. The largest absolute Gasteiger partial charge is 0.325 e. The molecule has 2 rings (SSSR count). The van der Waals surface area contributed by atoms with Gasteiger partial charge in [-0.15, -0.1) is 11.3 Å². The van der Waals surface area contributed by atoms with Crippen molar-refractivity contribution in [3.8, 4) is 0 Å². The highest BCUT2D eigenvalue weighted by Gasteiger charge is 2.15. The second-order valence-corrected chi connectivity index (χ2v) is 4.98. The molecule has 0 bridgehead atoms. The maximum atomic E-state index is 13.5. The minimum Gasteiger partial charge on any atom is -0.325 e. The number of carbonyl (C=O) groups is 1. The number of benzene rings is 1. The fourth-order valence-electron chi connectivity index (χ4n) is 1.49. The minimum absolute atomic E-state index is 0.0980. The van der Waals surface area contributed by atoms with E-state index in [1.54, 1.807) is 11.4 Å². The molecule has 0 aliphatic carbocycles. The van der Waals surface area contributed by atoms with Gasteiger partial charge in [0.05, 0.1) is 0 Å². The average molecular weight is 285 g/mol. The summed E-state index contributed by atoms with van der Waals surface area (Å²) in [5.74, 6) is -0.747. The molecule has 1 aromatic carbocycles. The Balaban J connectivity index is 2.21. The van der Waals surface area contributed by atoms with E-state index in [9.17, 15) is 9.18 Å². The Morgan fingerprint density at radius 1 is 1.50 bits per heavy atom. The number of hydrogen-bond donors (Lipinski definition) is 1. The number of ketones is 1. The van der Waals surface area contributed by atoms with Crippen molar-refractivity contribution in [2.45, 2.75) is 13.0 Å². The highest BCUT2D eigenvalue weighted by molar-refractivity contribution is 7.09. The molecule has 0 spiro atoms. The number of rotatable bonds is 4. The molecule has 0 fully saturated rings.